The lowest BCUT2D eigenvalue weighted by molar-refractivity contribution is -0.384. The maximum absolute atomic E-state index is 12.9. The number of amides is 1. The standard InChI is InChI=1S/C20H13ClN2O4S/c1-27-15-8-7-12(23(25)26)10-14(15)22-20(24)19-18(21)17-13-5-3-2-4-11(13)6-9-16(17)28-19/h2-10H,1H3,(H,22,24). The Kier molecular flexibility index (Phi) is 4.62. The third kappa shape index (κ3) is 3.04. The van der Waals surface area contributed by atoms with Crippen molar-refractivity contribution in [2.45, 2.75) is 0 Å². The lowest BCUT2D eigenvalue weighted by Crippen LogP contribution is -2.11. The number of hydrogen-bond donors (Lipinski definition) is 1. The average molecular weight is 413 g/mol. The quantitative estimate of drug-likeness (QED) is 0.335. The van der Waals surface area contributed by atoms with Crippen LogP contribution in [0.15, 0.2) is 54.6 Å². The highest BCUT2D eigenvalue weighted by molar-refractivity contribution is 7.22. The molecule has 4 aromatic rings. The van der Waals surface area contributed by atoms with Crippen molar-refractivity contribution >= 4 is 61.1 Å². The first-order chi connectivity index (χ1) is 13.5. The summed E-state index contributed by atoms with van der Waals surface area (Å²) in [5.74, 6) is -0.129. The van der Waals surface area contributed by atoms with E-state index in [0.717, 1.165) is 20.9 Å². The van der Waals surface area contributed by atoms with Gasteiger partial charge in [-0.1, -0.05) is 41.9 Å². The number of nitrogens with zero attached hydrogens (tertiary/aromatic N) is 1. The summed E-state index contributed by atoms with van der Waals surface area (Å²) in [6.45, 7) is 0. The summed E-state index contributed by atoms with van der Waals surface area (Å²) in [5, 5.41) is 16.9. The smallest absolute Gasteiger partial charge is 0.271 e. The van der Waals surface area contributed by atoms with Crippen molar-refractivity contribution in [3.05, 3.63) is 74.6 Å². The SMILES string of the molecule is COc1ccc([N+](=O)[O-])cc1NC(=O)c1sc2ccc3ccccc3c2c1Cl. The number of carbonyl (C=O) groups excluding carboxylic acids is 1. The summed E-state index contributed by atoms with van der Waals surface area (Å²) in [7, 11) is 1.43. The van der Waals surface area contributed by atoms with Crippen LogP contribution in [0.25, 0.3) is 20.9 Å². The minimum atomic E-state index is -0.534. The molecule has 8 heteroatoms. The van der Waals surface area contributed by atoms with Gasteiger partial charge in [0.1, 0.15) is 10.6 Å². The Morgan fingerprint density at radius 1 is 1.18 bits per heavy atom. The Morgan fingerprint density at radius 3 is 2.71 bits per heavy atom. The Bertz CT molecular complexity index is 1250. The number of methoxy groups -OCH3 is 1. The molecule has 0 unspecified atom stereocenters. The summed E-state index contributed by atoms with van der Waals surface area (Å²) in [6.07, 6.45) is 0. The highest BCUT2D eigenvalue weighted by Gasteiger charge is 2.21. The normalized spacial score (nSPS) is 10.9. The summed E-state index contributed by atoms with van der Waals surface area (Å²) in [4.78, 5) is 23.7. The first-order valence-electron chi connectivity index (χ1n) is 8.23. The molecule has 1 heterocycles. The average Bonchev–Trinajstić information content (AvgIpc) is 3.05. The lowest BCUT2D eigenvalue weighted by atomic mass is 10.1. The van der Waals surface area contributed by atoms with Crippen LogP contribution in [0.3, 0.4) is 0 Å². The number of hydrogen-bond acceptors (Lipinski definition) is 5. The van der Waals surface area contributed by atoms with E-state index in [1.807, 2.05) is 36.4 Å². The van der Waals surface area contributed by atoms with Gasteiger partial charge in [0.25, 0.3) is 11.6 Å². The Balaban J connectivity index is 1.78. The van der Waals surface area contributed by atoms with Gasteiger partial charge in [0.2, 0.25) is 0 Å². The maximum Gasteiger partial charge on any atom is 0.271 e. The molecule has 4 rings (SSSR count). The van der Waals surface area contributed by atoms with Crippen LogP contribution in [-0.2, 0) is 0 Å². The van der Waals surface area contributed by atoms with Crippen LogP contribution in [0, 0.1) is 10.1 Å². The van der Waals surface area contributed by atoms with Gasteiger partial charge >= 0.3 is 0 Å². The molecule has 0 radical (unpaired) electrons. The van der Waals surface area contributed by atoms with Crippen molar-refractivity contribution < 1.29 is 14.5 Å². The minimum absolute atomic E-state index is 0.149. The van der Waals surface area contributed by atoms with Gasteiger partial charge in [-0.15, -0.1) is 11.3 Å². The number of thiophene rings is 1. The zero-order chi connectivity index (χ0) is 19.8. The Morgan fingerprint density at radius 2 is 1.96 bits per heavy atom. The van der Waals surface area contributed by atoms with E-state index in [-0.39, 0.29) is 11.4 Å². The third-order valence-electron chi connectivity index (χ3n) is 4.37. The number of anilines is 1. The second-order valence-electron chi connectivity index (χ2n) is 6.00. The van der Waals surface area contributed by atoms with Crippen molar-refractivity contribution in [2.75, 3.05) is 12.4 Å². The van der Waals surface area contributed by atoms with Gasteiger partial charge in [0.05, 0.1) is 22.7 Å². The molecule has 1 aromatic heterocycles. The molecule has 3 aromatic carbocycles. The van der Waals surface area contributed by atoms with Gasteiger partial charge in [-0.2, -0.15) is 0 Å². The van der Waals surface area contributed by atoms with E-state index in [0.29, 0.717) is 15.6 Å². The number of fused-ring (bicyclic) bond motifs is 3. The molecular formula is C20H13ClN2O4S. The highest BCUT2D eigenvalue weighted by Crippen LogP contribution is 2.40. The fourth-order valence-electron chi connectivity index (χ4n) is 3.06. The van der Waals surface area contributed by atoms with E-state index in [4.69, 9.17) is 16.3 Å². The second kappa shape index (κ2) is 7.10. The number of nitro groups is 1. The number of carbonyl (C=O) groups is 1. The van der Waals surface area contributed by atoms with Crippen molar-refractivity contribution in [2.24, 2.45) is 0 Å². The van der Waals surface area contributed by atoms with Crippen LogP contribution < -0.4 is 10.1 Å². The molecule has 0 bridgehead atoms. The predicted octanol–water partition coefficient (Wildman–Crippen LogP) is 5.88. The Hall–Kier alpha value is -3.16. The van der Waals surface area contributed by atoms with Crippen molar-refractivity contribution in [1.82, 2.24) is 0 Å². The summed E-state index contributed by atoms with van der Waals surface area (Å²) >= 11 is 7.83. The summed E-state index contributed by atoms with van der Waals surface area (Å²) in [6, 6.07) is 15.7. The molecule has 28 heavy (non-hydrogen) atoms. The zero-order valence-corrected chi connectivity index (χ0v) is 16.1. The number of rotatable bonds is 4. The molecule has 0 saturated carbocycles. The van der Waals surface area contributed by atoms with Gasteiger partial charge in [-0.05, 0) is 22.9 Å². The van der Waals surface area contributed by atoms with Crippen molar-refractivity contribution in [3.8, 4) is 5.75 Å². The van der Waals surface area contributed by atoms with Crippen LogP contribution in [0.1, 0.15) is 9.67 Å². The molecule has 6 nitrogen and oxygen atoms in total. The zero-order valence-electron chi connectivity index (χ0n) is 14.6. The third-order valence-corrected chi connectivity index (χ3v) is 6.01. The molecule has 0 spiro atoms. The van der Waals surface area contributed by atoms with Gasteiger partial charge < -0.3 is 10.1 Å². The van der Waals surface area contributed by atoms with Crippen molar-refractivity contribution in [3.63, 3.8) is 0 Å². The molecule has 0 aliphatic rings. The first kappa shape index (κ1) is 18.2. The van der Waals surface area contributed by atoms with E-state index in [9.17, 15) is 14.9 Å². The topological polar surface area (TPSA) is 81.5 Å². The Labute approximate surface area is 168 Å². The fraction of sp³-hybridized carbons (Fsp3) is 0.0500. The van der Waals surface area contributed by atoms with Crippen LogP contribution >= 0.6 is 22.9 Å². The van der Waals surface area contributed by atoms with Gasteiger partial charge in [-0.25, -0.2) is 0 Å². The highest BCUT2D eigenvalue weighted by atomic mass is 35.5. The van der Waals surface area contributed by atoms with Crippen LogP contribution in [0.4, 0.5) is 11.4 Å². The number of non-ortho nitro benzene ring substituents is 1. The van der Waals surface area contributed by atoms with E-state index in [1.165, 1.54) is 36.6 Å². The molecule has 0 aliphatic heterocycles. The van der Waals surface area contributed by atoms with E-state index >= 15 is 0 Å². The fourth-order valence-corrected chi connectivity index (χ4v) is 4.53. The molecule has 0 saturated heterocycles. The molecule has 140 valence electrons. The minimum Gasteiger partial charge on any atom is -0.495 e. The van der Waals surface area contributed by atoms with Gasteiger partial charge in [0, 0.05) is 22.2 Å². The van der Waals surface area contributed by atoms with Crippen molar-refractivity contribution in [1.29, 1.82) is 0 Å². The molecule has 0 fully saturated rings. The van der Waals surface area contributed by atoms with Crippen LogP contribution in [0.2, 0.25) is 5.02 Å². The molecule has 0 atom stereocenters. The predicted molar refractivity (Wildman–Crippen MR) is 112 cm³/mol. The van der Waals surface area contributed by atoms with Crippen LogP contribution in [-0.4, -0.2) is 17.9 Å². The van der Waals surface area contributed by atoms with E-state index < -0.39 is 10.8 Å². The summed E-state index contributed by atoms with van der Waals surface area (Å²) < 4.78 is 6.09. The van der Waals surface area contributed by atoms with Gasteiger partial charge in [0.15, 0.2) is 0 Å². The molecule has 0 aliphatic carbocycles. The number of halogens is 1. The lowest BCUT2D eigenvalue weighted by Gasteiger charge is -2.09. The molecular weight excluding hydrogens is 400 g/mol. The first-order valence-corrected chi connectivity index (χ1v) is 9.42. The van der Waals surface area contributed by atoms with E-state index in [2.05, 4.69) is 5.32 Å². The molecule has 1 amide bonds. The number of nitro benzene ring substituents is 1. The van der Waals surface area contributed by atoms with Crippen LogP contribution in [0.5, 0.6) is 5.75 Å². The number of ether oxygens (including phenoxy) is 1. The molecule has 1 N–H and O–H groups in total. The monoisotopic (exact) mass is 412 g/mol. The largest absolute Gasteiger partial charge is 0.495 e. The number of nitrogens with one attached hydrogen (secondary N) is 1. The number of benzene rings is 3. The van der Waals surface area contributed by atoms with E-state index in [1.54, 1.807) is 0 Å². The van der Waals surface area contributed by atoms with Gasteiger partial charge in [-0.3, -0.25) is 14.9 Å². The second-order valence-corrected chi connectivity index (χ2v) is 7.43. The summed E-state index contributed by atoms with van der Waals surface area (Å²) in [5.41, 5.74) is 0.0598. The maximum atomic E-state index is 12.9.